The molecule has 0 saturated carbocycles. The summed E-state index contributed by atoms with van der Waals surface area (Å²) in [7, 11) is 0. The maximum Gasteiger partial charge on any atom is 0.283 e. The minimum absolute atomic E-state index is 0.0722. The van der Waals surface area contributed by atoms with Gasteiger partial charge in [-0.1, -0.05) is 53.0 Å². The van der Waals surface area contributed by atoms with Crippen LogP contribution in [0.5, 0.6) is 11.5 Å². The van der Waals surface area contributed by atoms with Gasteiger partial charge in [-0.05, 0) is 78.9 Å². The fraction of sp³-hybridized carbons (Fsp3) is 0. The molecule has 194 valence electrons. The van der Waals surface area contributed by atoms with Gasteiger partial charge in [-0.25, -0.2) is 4.90 Å². The topological polar surface area (TPSA) is 87.7 Å². The minimum atomic E-state index is -0.655. The molecule has 0 unspecified atom stereocenters. The number of halogens is 3. The Morgan fingerprint density at radius 2 is 1.31 bits per heavy atom. The van der Waals surface area contributed by atoms with E-state index in [1.807, 2.05) is 30.3 Å². The Morgan fingerprint density at radius 3 is 1.95 bits per heavy atom. The third-order valence-electron chi connectivity index (χ3n) is 5.64. The van der Waals surface area contributed by atoms with E-state index in [9.17, 15) is 14.4 Å². The molecular weight excluding hydrogens is 561 g/mol. The van der Waals surface area contributed by atoms with Crippen molar-refractivity contribution in [2.75, 3.05) is 15.5 Å². The fourth-order valence-electron chi connectivity index (χ4n) is 3.81. The lowest BCUT2D eigenvalue weighted by atomic mass is 10.2. The van der Waals surface area contributed by atoms with Crippen LogP contribution < -0.4 is 20.3 Å². The van der Waals surface area contributed by atoms with Crippen LogP contribution in [0.4, 0.5) is 17.1 Å². The van der Waals surface area contributed by atoms with Crippen LogP contribution in [0.15, 0.2) is 108 Å². The van der Waals surface area contributed by atoms with Crippen molar-refractivity contribution in [2.24, 2.45) is 0 Å². The number of carbonyl (C=O) groups is 3. The number of imide groups is 1. The lowest BCUT2D eigenvalue weighted by Gasteiger charge is -2.16. The number of hydrogen-bond donors (Lipinski definition) is 2. The second kappa shape index (κ2) is 11.2. The zero-order valence-electron chi connectivity index (χ0n) is 20.0. The highest BCUT2D eigenvalue weighted by molar-refractivity contribution is 6.53. The van der Waals surface area contributed by atoms with E-state index in [0.29, 0.717) is 44.2 Å². The van der Waals surface area contributed by atoms with Crippen LogP contribution in [-0.2, 0) is 9.59 Å². The summed E-state index contributed by atoms with van der Waals surface area (Å²) in [5.74, 6) is -0.440. The van der Waals surface area contributed by atoms with Crippen LogP contribution in [-0.4, -0.2) is 17.7 Å². The van der Waals surface area contributed by atoms with Crippen molar-refractivity contribution in [3.05, 3.63) is 123 Å². The zero-order valence-corrected chi connectivity index (χ0v) is 22.2. The number of para-hydroxylation sites is 1. The summed E-state index contributed by atoms with van der Waals surface area (Å²) in [5.41, 5.74) is 1.53. The highest BCUT2D eigenvalue weighted by Gasteiger charge is 2.39. The van der Waals surface area contributed by atoms with Crippen molar-refractivity contribution in [1.29, 1.82) is 0 Å². The second-order valence-corrected chi connectivity index (χ2v) is 9.61. The molecular formula is C29H18Cl3N3O4. The first kappa shape index (κ1) is 26.3. The summed E-state index contributed by atoms with van der Waals surface area (Å²) in [6.07, 6.45) is 0. The van der Waals surface area contributed by atoms with Gasteiger partial charge in [0, 0.05) is 27.0 Å². The van der Waals surface area contributed by atoms with Crippen LogP contribution in [0.25, 0.3) is 0 Å². The molecule has 1 heterocycles. The van der Waals surface area contributed by atoms with E-state index in [-0.39, 0.29) is 16.6 Å². The van der Waals surface area contributed by atoms with Gasteiger partial charge in [0.05, 0.1) is 5.69 Å². The van der Waals surface area contributed by atoms with Crippen molar-refractivity contribution in [3.63, 3.8) is 0 Å². The first-order valence-corrected chi connectivity index (χ1v) is 12.7. The molecule has 4 aromatic rings. The molecule has 2 N–H and O–H groups in total. The van der Waals surface area contributed by atoms with Crippen LogP contribution in [0.2, 0.25) is 10.0 Å². The maximum atomic E-state index is 13.1. The molecule has 39 heavy (non-hydrogen) atoms. The summed E-state index contributed by atoms with van der Waals surface area (Å²) >= 11 is 18.2. The third-order valence-corrected chi connectivity index (χ3v) is 6.43. The van der Waals surface area contributed by atoms with Gasteiger partial charge in [-0.15, -0.1) is 0 Å². The van der Waals surface area contributed by atoms with Crippen molar-refractivity contribution < 1.29 is 19.1 Å². The van der Waals surface area contributed by atoms with Gasteiger partial charge in [0.1, 0.15) is 22.2 Å². The SMILES string of the molecule is O=C(Nc1cc(Cl)cc(Cl)c1)c1ccc(NC2=C(Cl)C(=O)N(c3ccc(Oc4ccccc4)cc3)C2=O)cc1. The zero-order chi connectivity index (χ0) is 27.5. The average molecular weight is 579 g/mol. The first-order valence-electron chi connectivity index (χ1n) is 11.5. The molecule has 4 aromatic carbocycles. The highest BCUT2D eigenvalue weighted by atomic mass is 35.5. The third kappa shape index (κ3) is 5.91. The number of anilines is 3. The predicted octanol–water partition coefficient (Wildman–Crippen LogP) is 7.47. The number of rotatable bonds is 7. The fourth-order valence-corrected chi connectivity index (χ4v) is 4.55. The summed E-state index contributed by atoms with van der Waals surface area (Å²) < 4.78 is 5.76. The summed E-state index contributed by atoms with van der Waals surface area (Å²) in [6, 6.07) is 26.7. The van der Waals surface area contributed by atoms with Crippen LogP contribution >= 0.6 is 34.8 Å². The van der Waals surface area contributed by atoms with Gasteiger partial charge in [0.2, 0.25) is 0 Å². The number of nitrogens with zero attached hydrogens (tertiary/aromatic N) is 1. The number of benzene rings is 4. The minimum Gasteiger partial charge on any atom is -0.457 e. The van der Waals surface area contributed by atoms with Crippen LogP contribution in [0.3, 0.4) is 0 Å². The van der Waals surface area contributed by atoms with Gasteiger partial charge in [-0.3, -0.25) is 14.4 Å². The normalized spacial score (nSPS) is 13.1. The highest BCUT2D eigenvalue weighted by Crippen LogP contribution is 2.32. The van der Waals surface area contributed by atoms with Gasteiger partial charge in [0.15, 0.2) is 0 Å². The smallest absolute Gasteiger partial charge is 0.283 e. The van der Waals surface area contributed by atoms with Gasteiger partial charge >= 0.3 is 0 Å². The maximum absolute atomic E-state index is 13.1. The van der Waals surface area contributed by atoms with E-state index in [1.54, 1.807) is 66.7 Å². The molecule has 10 heteroatoms. The van der Waals surface area contributed by atoms with E-state index in [1.165, 1.54) is 0 Å². The Kier molecular flexibility index (Phi) is 7.56. The molecule has 0 atom stereocenters. The van der Waals surface area contributed by atoms with Crippen molar-refractivity contribution in [1.82, 2.24) is 0 Å². The predicted molar refractivity (Wildman–Crippen MR) is 153 cm³/mol. The number of hydrogen-bond acceptors (Lipinski definition) is 5. The molecule has 0 radical (unpaired) electrons. The molecule has 3 amide bonds. The summed E-state index contributed by atoms with van der Waals surface area (Å²) in [4.78, 5) is 39.5. The quantitative estimate of drug-likeness (QED) is 0.222. The standard InChI is InChI=1S/C29H18Cl3N3O4/c30-18-14-19(31)16-21(15-18)34-27(36)17-6-8-20(9-7-17)33-26-25(32)28(37)35(29(26)38)22-10-12-24(13-11-22)39-23-4-2-1-3-5-23/h1-16,33H,(H,34,36). The molecule has 1 aliphatic rings. The van der Waals surface area contributed by atoms with Crippen LogP contribution in [0.1, 0.15) is 10.4 Å². The summed E-state index contributed by atoms with van der Waals surface area (Å²) in [6.45, 7) is 0. The average Bonchev–Trinajstić information content (AvgIpc) is 3.12. The second-order valence-electron chi connectivity index (χ2n) is 8.36. The van der Waals surface area contributed by atoms with E-state index in [2.05, 4.69) is 10.6 Å². The lowest BCUT2D eigenvalue weighted by molar-refractivity contribution is -0.120. The van der Waals surface area contributed by atoms with Crippen molar-refractivity contribution >= 4 is 69.6 Å². The van der Waals surface area contributed by atoms with Crippen molar-refractivity contribution in [3.8, 4) is 11.5 Å². The molecule has 0 aromatic heterocycles. The number of amides is 3. The largest absolute Gasteiger partial charge is 0.457 e. The first-order chi connectivity index (χ1) is 18.8. The molecule has 1 aliphatic heterocycles. The monoisotopic (exact) mass is 577 g/mol. The van der Waals surface area contributed by atoms with Gasteiger partial charge in [0.25, 0.3) is 17.7 Å². The molecule has 5 rings (SSSR count). The molecule has 0 saturated heterocycles. The summed E-state index contributed by atoms with van der Waals surface area (Å²) in [5, 5.41) is 6.15. The Hall–Kier alpha value is -4.30. The van der Waals surface area contributed by atoms with Gasteiger partial charge < -0.3 is 15.4 Å². The van der Waals surface area contributed by atoms with Crippen LogP contribution in [0, 0.1) is 0 Å². The van der Waals surface area contributed by atoms with Gasteiger partial charge in [-0.2, -0.15) is 0 Å². The Bertz CT molecular complexity index is 1590. The number of ether oxygens (including phenoxy) is 1. The molecule has 0 fully saturated rings. The molecule has 0 bridgehead atoms. The molecule has 0 aliphatic carbocycles. The lowest BCUT2D eigenvalue weighted by Crippen LogP contribution is -2.32. The number of nitrogens with one attached hydrogen (secondary N) is 2. The molecule has 7 nitrogen and oxygen atoms in total. The Balaban J connectivity index is 1.26. The molecule has 0 spiro atoms. The van der Waals surface area contributed by atoms with E-state index >= 15 is 0 Å². The van der Waals surface area contributed by atoms with E-state index in [0.717, 1.165) is 4.90 Å². The van der Waals surface area contributed by atoms with E-state index < -0.39 is 11.8 Å². The Morgan fingerprint density at radius 1 is 0.692 bits per heavy atom. The van der Waals surface area contributed by atoms with E-state index in [4.69, 9.17) is 39.5 Å². The van der Waals surface area contributed by atoms with Crippen molar-refractivity contribution in [2.45, 2.75) is 0 Å². The number of carbonyl (C=O) groups excluding carboxylic acids is 3. The Labute approximate surface area is 238 Å².